The highest BCUT2D eigenvalue weighted by atomic mass is 35.5. The molecule has 0 saturated heterocycles. The van der Waals surface area contributed by atoms with Gasteiger partial charge < -0.3 is 4.74 Å². The maximum Gasteiger partial charge on any atom is 0.574 e. The van der Waals surface area contributed by atoms with E-state index in [4.69, 9.17) is 11.6 Å². The van der Waals surface area contributed by atoms with E-state index in [0.717, 1.165) is 0 Å². The lowest BCUT2D eigenvalue weighted by Gasteiger charge is -2.10. The van der Waals surface area contributed by atoms with Gasteiger partial charge in [0.05, 0.1) is 5.88 Å². The zero-order valence-electron chi connectivity index (χ0n) is 7.23. The maximum absolute atomic E-state index is 11.9. The first-order valence-corrected chi connectivity index (χ1v) is 4.24. The summed E-state index contributed by atoms with van der Waals surface area (Å²) in [7, 11) is 0. The number of rotatable bonds is 2. The van der Waals surface area contributed by atoms with Crippen molar-refractivity contribution in [3.63, 3.8) is 0 Å². The predicted molar refractivity (Wildman–Crippen MR) is 45.2 cm³/mol. The molecule has 0 aliphatic rings. The van der Waals surface area contributed by atoms with Gasteiger partial charge in [-0.2, -0.15) is 0 Å². The zero-order valence-corrected chi connectivity index (χ0v) is 7.99. The van der Waals surface area contributed by atoms with Gasteiger partial charge in [-0.3, -0.25) is 0 Å². The topological polar surface area (TPSA) is 22.1 Å². The number of aromatic nitrogens is 1. The SMILES string of the molecule is Cc1ccc(CCl)c(OC(F)(F)F)n1. The van der Waals surface area contributed by atoms with E-state index in [1.54, 1.807) is 13.0 Å². The smallest absolute Gasteiger partial charge is 0.388 e. The summed E-state index contributed by atoms with van der Waals surface area (Å²) in [5, 5.41) is 0. The Labute approximate surface area is 83.7 Å². The Morgan fingerprint density at radius 1 is 1.43 bits per heavy atom. The molecule has 0 atom stereocenters. The van der Waals surface area contributed by atoms with E-state index in [9.17, 15) is 13.2 Å². The summed E-state index contributed by atoms with van der Waals surface area (Å²) in [6.45, 7) is 1.57. The molecule has 0 spiro atoms. The maximum atomic E-state index is 11.9. The lowest BCUT2D eigenvalue weighted by molar-refractivity contribution is -0.276. The third kappa shape index (κ3) is 3.06. The van der Waals surface area contributed by atoms with Gasteiger partial charge in [-0.1, -0.05) is 6.07 Å². The van der Waals surface area contributed by atoms with Gasteiger partial charge in [0.1, 0.15) is 0 Å². The number of aryl methyl sites for hydroxylation is 1. The molecule has 1 aromatic heterocycles. The highest BCUT2D eigenvalue weighted by molar-refractivity contribution is 6.17. The molecule has 0 saturated carbocycles. The molecule has 0 unspecified atom stereocenters. The second-order valence-electron chi connectivity index (χ2n) is 2.60. The van der Waals surface area contributed by atoms with Crippen molar-refractivity contribution in [2.75, 3.05) is 0 Å². The third-order valence-electron chi connectivity index (χ3n) is 1.43. The van der Waals surface area contributed by atoms with Gasteiger partial charge in [-0.25, -0.2) is 4.98 Å². The summed E-state index contributed by atoms with van der Waals surface area (Å²) in [4.78, 5) is 3.60. The summed E-state index contributed by atoms with van der Waals surface area (Å²) in [6.07, 6.45) is -4.73. The Morgan fingerprint density at radius 2 is 2.07 bits per heavy atom. The van der Waals surface area contributed by atoms with Crippen molar-refractivity contribution in [3.05, 3.63) is 23.4 Å². The van der Waals surface area contributed by atoms with E-state index in [0.29, 0.717) is 5.69 Å². The third-order valence-corrected chi connectivity index (χ3v) is 1.72. The zero-order chi connectivity index (χ0) is 10.8. The molecule has 0 bridgehead atoms. The molecule has 14 heavy (non-hydrogen) atoms. The first kappa shape index (κ1) is 11.1. The molecule has 2 nitrogen and oxygen atoms in total. The first-order chi connectivity index (χ1) is 6.42. The van der Waals surface area contributed by atoms with Gasteiger partial charge in [0.15, 0.2) is 0 Å². The molecular weight excluding hydrogens is 219 g/mol. The first-order valence-electron chi connectivity index (χ1n) is 3.70. The molecule has 0 radical (unpaired) electrons. The fourth-order valence-corrected chi connectivity index (χ4v) is 1.06. The fourth-order valence-electron chi connectivity index (χ4n) is 0.861. The van der Waals surface area contributed by atoms with Crippen molar-refractivity contribution in [2.24, 2.45) is 0 Å². The van der Waals surface area contributed by atoms with Crippen LogP contribution < -0.4 is 4.74 Å². The molecule has 1 rings (SSSR count). The van der Waals surface area contributed by atoms with Crippen LogP contribution >= 0.6 is 11.6 Å². The summed E-state index contributed by atoms with van der Waals surface area (Å²) in [6, 6.07) is 3.03. The number of nitrogens with zero attached hydrogens (tertiary/aromatic N) is 1. The quantitative estimate of drug-likeness (QED) is 0.722. The molecule has 0 amide bonds. The molecule has 78 valence electrons. The van der Waals surface area contributed by atoms with E-state index in [1.165, 1.54) is 6.07 Å². The van der Waals surface area contributed by atoms with Gasteiger partial charge >= 0.3 is 6.36 Å². The number of hydrogen-bond donors (Lipinski definition) is 0. The van der Waals surface area contributed by atoms with Crippen LogP contribution in [0.25, 0.3) is 0 Å². The molecule has 6 heteroatoms. The predicted octanol–water partition coefficient (Wildman–Crippen LogP) is 3.03. The Kier molecular flexibility index (Phi) is 3.21. The molecular formula is C8H7ClF3NO. The summed E-state index contributed by atoms with van der Waals surface area (Å²) in [5.41, 5.74) is 0.660. The Morgan fingerprint density at radius 3 is 2.57 bits per heavy atom. The van der Waals surface area contributed by atoms with E-state index in [-0.39, 0.29) is 11.4 Å². The van der Waals surface area contributed by atoms with Crippen LogP contribution in [-0.2, 0) is 5.88 Å². The van der Waals surface area contributed by atoms with Crippen LogP contribution in [0.5, 0.6) is 5.88 Å². The summed E-state index contributed by atoms with van der Waals surface area (Å²) < 4.78 is 39.4. The summed E-state index contributed by atoms with van der Waals surface area (Å²) >= 11 is 5.43. The van der Waals surface area contributed by atoms with Crippen molar-refractivity contribution < 1.29 is 17.9 Å². The molecule has 0 aliphatic carbocycles. The second kappa shape index (κ2) is 4.04. The monoisotopic (exact) mass is 225 g/mol. The van der Waals surface area contributed by atoms with Crippen molar-refractivity contribution in [3.8, 4) is 5.88 Å². The van der Waals surface area contributed by atoms with E-state index >= 15 is 0 Å². The van der Waals surface area contributed by atoms with E-state index in [1.807, 2.05) is 0 Å². The average molecular weight is 226 g/mol. The van der Waals surface area contributed by atoms with E-state index in [2.05, 4.69) is 9.72 Å². The van der Waals surface area contributed by atoms with Gasteiger partial charge in [-0.05, 0) is 13.0 Å². The average Bonchev–Trinajstić information content (AvgIpc) is 2.01. The number of alkyl halides is 4. The molecule has 1 heterocycles. The van der Waals surface area contributed by atoms with Crippen LogP contribution in [-0.4, -0.2) is 11.3 Å². The standard InChI is InChI=1S/C8H7ClF3NO/c1-5-2-3-6(4-9)7(13-5)14-8(10,11)12/h2-3H,4H2,1H3. The van der Waals surface area contributed by atoms with Crippen molar-refractivity contribution in [2.45, 2.75) is 19.2 Å². The molecule has 1 aromatic rings. The fraction of sp³-hybridized carbons (Fsp3) is 0.375. The van der Waals surface area contributed by atoms with Crippen LogP contribution in [0, 0.1) is 6.92 Å². The lowest BCUT2D eigenvalue weighted by atomic mass is 10.3. The normalized spacial score (nSPS) is 11.5. The van der Waals surface area contributed by atoms with Crippen LogP contribution in [0.15, 0.2) is 12.1 Å². The highest BCUT2D eigenvalue weighted by Gasteiger charge is 2.32. The van der Waals surface area contributed by atoms with Crippen molar-refractivity contribution in [1.82, 2.24) is 4.98 Å². The number of ether oxygens (including phenoxy) is 1. The minimum atomic E-state index is -4.73. The van der Waals surface area contributed by atoms with Gasteiger partial charge in [0.25, 0.3) is 0 Å². The van der Waals surface area contributed by atoms with Gasteiger partial charge in [-0.15, -0.1) is 24.8 Å². The summed E-state index contributed by atoms with van der Waals surface area (Å²) in [5.74, 6) is -0.550. The second-order valence-corrected chi connectivity index (χ2v) is 2.87. The Hall–Kier alpha value is -0.970. The Balaban J connectivity index is 2.99. The van der Waals surface area contributed by atoms with Crippen LogP contribution in [0.1, 0.15) is 11.3 Å². The minimum Gasteiger partial charge on any atom is -0.388 e. The van der Waals surface area contributed by atoms with Crippen LogP contribution in [0.4, 0.5) is 13.2 Å². The Bertz CT molecular complexity index is 327. The van der Waals surface area contributed by atoms with Crippen LogP contribution in [0.2, 0.25) is 0 Å². The number of halogens is 4. The molecule has 0 aliphatic heterocycles. The minimum absolute atomic E-state index is 0.0707. The molecule has 0 fully saturated rings. The van der Waals surface area contributed by atoms with Crippen molar-refractivity contribution in [1.29, 1.82) is 0 Å². The number of pyridine rings is 1. The van der Waals surface area contributed by atoms with Gasteiger partial charge in [0.2, 0.25) is 5.88 Å². The largest absolute Gasteiger partial charge is 0.574 e. The molecule has 0 aromatic carbocycles. The number of hydrogen-bond acceptors (Lipinski definition) is 2. The van der Waals surface area contributed by atoms with Crippen molar-refractivity contribution >= 4 is 11.6 Å². The lowest BCUT2D eigenvalue weighted by Crippen LogP contribution is -2.19. The highest BCUT2D eigenvalue weighted by Crippen LogP contribution is 2.25. The van der Waals surface area contributed by atoms with E-state index < -0.39 is 12.2 Å². The van der Waals surface area contributed by atoms with Crippen LogP contribution in [0.3, 0.4) is 0 Å². The molecule has 0 N–H and O–H groups in total. The van der Waals surface area contributed by atoms with Gasteiger partial charge in [0, 0.05) is 11.3 Å².